The van der Waals surface area contributed by atoms with E-state index in [-0.39, 0.29) is 0 Å². The third kappa shape index (κ3) is 2.75. The summed E-state index contributed by atoms with van der Waals surface area (Å²) in [7, 11) is 3.61. The Hall–Kier alpha value is -0.880. The minimum atomic E-state index is 0.290. The van der Waals surface area contributed by atoms with Gasteiger partial charge in [-0.3, -0.25) is 0 Å². The van der Waals surface area contributed by atoms with Crippen LogP contribution < -0.4 is 15.0 Å². The van der Waals surface area contributed by atoms with Gasteiger partial charge in [-0.1, -0.05) is 6.92 Å². The van der Waals surface area contributed by atoms with Crippen LogP contribution in [0.1, 0.15) is 13.3 Å². The summed E-state index contributed by atoms with van der Waals surface area (Å²) in [6.45, 7) is 5.26. The highest BCUT2D eigenvalue weighted by molar-refractivity contribution is 9.10. The van der Waals surface area contributed by atoms with E-state index in [1.54, 1.807) is 13.3 Å². The van der Waals surface area contributed by atoms with Crippen molar-refractivity contribution in [1.82, 2.24) is 15.3 Å². The fourth-order valence-corrected chi connectivity index (χ4v) is 2.76. The minimum Gasteiger partial charge on any atom is -0.480 e. The molecule has 1 aliphatic heterocycles. The highest BCUT2D eigenvalue weighted by atomic mass is 79.9. The maximum Gasteiger partial charge on any atom is 0.232 e. The summed E-state index contributed by atoms with van der Waals surface area (Å²) in [6, 6.07) is 0. The van der Waals surface area contributed by atoms with Gasteiger partial charge in [-0.15, -0.1) is 0 Å². The lowest BCUT2D eigenvalue weighted by molar-refractivity contribution is 0.355. The molecule has 0 aromatic carbocycles. The van der Waals surface area contributed by atoms with Crippen LogP contribution >= 0.6 is 15.9 Å². The number of nitrogens with one attached hydrogen (secondary N) is 1. The molecule has 0 radical (unpaired) electrons. The average molecular weight is 315 g/mol. The fraction of sp³-hybridized carbons (Fsp3) is 0.667. The van der Waals surface area contributed by atoms with Crippen molar-refractivity contribution < 1.29 is 4.74 Å². The van der Waals surface area contributed by atoms with Gasteiger partial charge in [0.15, 0.2) is 0 Å². The van der Waals surface area contributed by atoms with Gasteiger partial charge in [-0.2, -0.15) is 4.98 Å². The first kappa shape index (κ1) is 13.5. The Balaban J connectivity index is 2.14. The summed E-state index contributed by atoms with van der Waals surface area (Å²) in [5.74, 6) is 1.33. The highest BCUT2D eigenvalue weighted by Gasteiger charge is 2.34. The van der Waals surface area contributed by atoms with Crippen molar-refractivity contribution in [3.05, 3.63) is 10.7 Å². The standard InChI is InChI=1S/C12H19BrN4O/c1-12(7-14-2)4-5-17(8-12)11-15-6-9(13)10(16-11)18-3/h6,14H,4-5,7-8H2,1-3H3. The van der Waals surface area contributed by atoms with Gasteiger partial charge in [0.2, 0.25) is 11.8 Å². The largest absolute Gasteiger partial charge is 0.480 e. The molecule has 2 heterocycles. The number of aromatic nitrogens is 2. The summed E-state index contributed by atoms with van der Waals surface area (Å²) in [6.07, 6.45) is 2.89. The third-order valence-electron chi connectivity index (χ3n) is 3.34. The molecule has 0 saturated carbocycles. The number of hydrogen-bond donors (Lipinski definition) is 1. The normalized spacial score (nSPS) is 23.4. The van der Waals surface area contributed by atoms with Crippen molar-refractivity contribution in [3.8, 4) is 5.88 Å². The van der Waals surface area contributed by atoms with Crippen molar-refractivity contribution in [2.45, 2.75) is 13.3 Å². The van der Waals surface area contributed by atoms with Crippen LogP contribution in [0.5, 0.6) is 5.88 Å². The molecule has 0 amide bonds. The molecular formula is C12H19BrN4O. The first-order chi connectivity index (χ1) is 8.58. The lowest BCUT2D eigenvalue weighted by Crippen LogP contribution is -2.33. The average Bonchev–Trinajstić information content (AvgIpc) is 2.73. The summed E-state index contributed by atoms with van der Waals surface area (Å²) >= 11 is 3.37. The third-order valence-corrected chi connectivity index (χ3v) is 3.88. The molecule has 1 saturated heterocycles. The minimum absolute atomic E-state index is 0.290. The van der Waals surface area contributed by atoms with E-state index in [1.807, 2.05) is 7.05 Å². The molecule has 1 unspecified atom stereocenters. The van der Waals surface area contributed by atoms with Crippen LogP contribution in [0.4, 0.5) is 5.95 Å². The second-order valence-electron chi connectivity index (χ2n) is 5.04. The van der Waals surface area contributed by atoms with Gasteiger partial charge in [0.1, 0.15) is 0 Å². The molecule has 2 rings (SSSR count). The molecule has 0 bridgehead atoms. The van der Waals surface area contributed by atoms with Crippen LogP contribution in [0.15, 0.2) is 10.7 Å². The molecule has 100 valence electrons. The van der Waals surface area contributed by atoms with E-state index < -0.39 is 0 Å². The number of nitrogens with zero attached hydrogens (tertiary/aromatic N) is 3. The van der Waals surface area contributed by atoms with E-state index in [0.717, 1.165) is 36.5 Å². The molecule has 0 spiro atoms. The van der Waals surface area contributed by atoms with Crippen LogP contribution in [0.3, 0.4) is 0 Å². The SMILES string of the molecule is CNCC1(C)CCN(c2ncc(Br)c(OC)n2)C1. The quantitative estimate of drug-likeness (QED) is 0.916. The monoisotopic (exact) mass is 314 g/mol. The van der Waals surface area contributed by atoms with Gasteiger partial charge >= 0.3 is 0 Å². The van der Waals surface area contributed by atoms with Gasteiger partial charge in [0.05, 0.1) is 17.8 Å². The molecule has 1 fully saturated rings. The Morgan fingerprint density at radius 2 is 2.39 bits per heavy atom. The number of halogens is 1. The van der Waals surface area contributed by atoms with Gasteiger partial charge in [0.25, 0.3) is 0 Å². The number of hydrogen-bond acceptors (Lipinski definition) is 5. The van der Waals surface area contributed by atoms with Crippen molar-refractivity contribution >= 4 is 21.9 Å². The van der Waals surface area contributed by atoms with E-state index >= 15 is 0 Å². The Labute approximate surface area is 116 Å². The van der Waals surface area contributed by atoms with Gasteiger partial charge in [0, 0.05) is 19.6 Å². The van der Waals surface area contributed by atoms with Crippen LogP contribution in [0.2, 0.25) is 0 Å². The van der Waals surface area contributed by atoms with Crippen molar-refractivity contribution in [2.24, 2.45) is 5.41 Å². The van der Waals surface area contributed by atoms with Crippen molar-refractivity contribution in [3.63, 3.8) is 0 Å². The van der Waals surface area contributed by atoms with E-state index in [4.69, 9.17) is 4.74 Å². The Kier molecular flexibility index (Phi) is 4.07. The second-order valence-corrected chi connectivity index (χ2v) is 5.89. The number of ether oxygens (including phenoxy) is 1. The summed E-state index contributed by atoms with van der Waals surface area (Å²) in [5, 5.41) is 3.25. The van der Waals surface area contributed by atoms with Crippen molar-refractivity contribution in [1.29, 1.82) is 0 Å². The Bertz CT molecular complexity index is 429. The van der Waals surface area contributed by atoms with Crippen LogP contribution in [-0.4, -0.2) is 43.8 Å². The van der Waals surface area contributed by atoms with Gasteiger partial charge in [-0.05, 0) is 34.8 Å². The molecule has 5 nitrogen and oxygen atoms in total. The molecule has 1 atom stereocenters. The first-order valence-electron chi connectivity index (χ1n) is 6.04. The Morgan fingerprint density at radius 1 is 1.61 bits per heavy atom. The highest BCUT2D eigenvalue weighted by Crippen LogP contribution is 2.32. The molecule has 1 N–H and O–H groups in total. The van der Waals surface area contributed by atoms with Crippen LogP contribution in [0, 0.1) is 5.41 Å². The smallest absolute Gasteiger partial charge is 0.232 e. The summed E-state index contributed by atoms with van der Waals surface area (Å²) < 4.78 is 5.99. The zero-order valence-corrected chi connectivity index (χ0v) is 12.6. The van der Waals surface area contributed by atoms with E-state index in [2.05, 4.69) is 43.0 Å². The molecule has 1 aliphatic rings. The topological polar surface area (TPSA) is 50.3 Å². The van der Waals surface area contributed by atoms with Gasteiger partial charge < -0.3 is 15.0 Å². The number of methoxy groups -OCH3 is 1. The molecule has 18 heavy (non-hydrogen) atoms. The molecule has 0 aliphatic carbocycles. The number of anilines is 1. The van der Waals surface area contributed by atoms with E-state index in [1.165, 1.54) is 0 Å². The lowest BCUT2D eigenvalue weighted by atomic mass is 9.90. The molecule has 1 aromatic heterocycles. The predicted octanol–water partition coefficient (Wildman–Crippen LogP) is 1.68. The number of rotatable bonds is 4. The van der Waals surface area contributed by atoms with Crippen LogP contribution in [-0.2, 0) is 0 Å². The molecule has 6 heteroatoms. The van der Waals surface area contributed by atoms with E-state index in [9.17, 15) is 0 Å². The zero-order chi connectivity index (χ0) is 13.2. The van der Waals surface area contributed by atoms with E-state index in [0.29, 0.717) is 11.3 Å². The maximum atomic E-state index is 5.21. The molecular weight excluding hydrogens is 296 g/mol. The predicted molar refractivity (Wildman–Crippen MR) is 75.1 cm³/mol. The fourth-order valence-electron chi connectivity index (χ4n) is 2.40. The zero-order valence-electron chi connectivity index (χ0n) is 11.0. The van der Waals surface area contributed by atoms with Gasteiger partial charge in [-0.25, -0.2) is 4.98 Å². The van der Waals surface area contributed by atoms with Crippen LogP contribution in [0.25, 0.3) is 0 Å². The maximum absolute atomic E-state index is 5.21. The summed E-state index contributed by atoms with van der Waals surface area (Å²) in [5.41, 5.74) is 0.290. The van der Waals surface area contributed by atoms with Crippen molar-refractivity contribution in [2.75, 3.05) is 38.7 Å². The Morgan fingerprint density at radius 3 is 3.06 bits per heavy atom. The second kappa shape index (κ2) is 5.40. The molecule has 1 aromatic rings. The summed E-state index contributed by atoms with van der Waals surface area (Å²) in [4.78, 5) is 11.0. The lowest BCUT2D eigenvalue weighted by Gasteiger charge is -2.24. The first-order valence-corrected chi connectivity index (χ1v) is 6.83.